The molecule has 1 N–H and O–H groups in total. The van der Waals surface area contributed by atoms with E-state index in [2.05, 4.69) is 10.2 Å². The maximum absolute atomic E-state index is 12.5. The van der Waals surface area contributed by atoms with Crippen LogP contribution in [0.2, 0.25) is 5.02 Å². The Bertz CT molecular complexity index is 1040. The highest BCUT2D eigenvalue weighted by atomic mass is 35.5. The van der Waals surface area contributed by atoms with Crippen molar-refractivity contribution in [2.24, 2.45) is 0 Å². The Morgan fingerprint density at radius 3 is 2.71 bits per heavy atom. The molecule has 3 aromatic rings. The van der Waals surface area contributed by atoms with Gasteiger partial charge in [-0.3, -0.25) is 4.79 Å². The molecule has 0 unspecified atom stereocenters. The monoisotopic (exact) mass is 438 g/mol. The van der Waals surface area contributed by atoms with Crippen LogP contribution in [0.15, 0.2) is 48.5 Å². The third kappa shape index (κ3) is 5.71. The normalized spacial score (nSPS) is 13.4. The first-order chi connectivity index (χ1) is 15.1. The van der Waals surface area contributed by atoms with Crippen LogP contribution in [0.3, 0.4) is 0 Å². The molecule has 2 aromatic carbocycles. The molecule has 1 saturated carbocycles. The van der Waals surface area contributed by atoms with Gasteiger partial charge in [-0.1, -0.05) is 41.9 Å². The molecule has 6 nitrogen and oxygen atoms in total. The predicted molar refractivity (Wildman–Crippen MR) is 124 cm³/mol. The SMILES string of the molecule is COCCN(CCC(=O)NCc1ccccc1)c1nc(C2CC2)nc2cc(Cl)ccc12. The number of nitrogens with zero attached hydrogens (tertiary/aromatic N) is 3. The lowest BCUT2D eigenvalue weighted by molar-refractivity contribution is -0.121. The summed E-state index contributed by atoms with van der Waals surface area (Å²) in [5, 5.41) is 4.59. The zero-order valence-electron chi connectivity index (χ0n) is 17.7. The van der Waals surface area contributed by atoms with Crippen LogP contribution in [0.25, 0.3) is 10.9 Å². The van der Waals surface area contributed by atoms with Crippen molar-refractivity contribution < 1.29 is 9.53 Å². The average molecular weight is 439 g/mol. The van der Waals surface area contributed by atoms with Crippen LogP contribution in [0, 0.1) is 0 Å². The zero-order chi connectivity index (χ0) is 21.6. The topological polar surface area (TPSA) is 67.3 Å². The van der Waals surface area contributed by atoms with E-state index in [9.17, 15) is 4.79 Å². The average Bonchev–Trinajstić information content (AvgIpc) is 3.63. The minimum absolute atomic E-state index is 0.00934. The number of rotatable bonds is 10. The van der Waals surface area contributed by atoms with E-state index in [1.165, 1.54) is 0 Å². The number of anilines is 1. The lowest BCUT2D eigenvalue weighted by atomic mass is 10.2. The predicted octanol–water partition coefficient (Wildman–Crippen LogP) is 4.32. The summed E-state index contributed by atoms with van der Waals surface area (Å²) in [7, 11) is 1.68. The Morgan fingerprint density at radius 1 is 1.16 bits per heavy atom. The van der Waals surface area contributed by atoms with Gasteiger partial charge in [0.1, 0.15) is 11.6 Å². The van der Waals surface area contributed by atoms with Crippen LogP contribution in [-0.2, 0) is 16.1 Å². The minimum Gasteiger partial charge on any atom is -0.383 e. The van der Waals surface area contributed by atoms with Gasteiger partial charge in [-0.15, -0.1) is 0 Å². The van der Waals surface area contributed by atoms with Gasteiger partial charge in [0.05, 0.1) is 12.1 Å². The molecule has 1 aliphatic rings. The first-order valence-electron chi connectivity index (χ1n) is 10.7. The van der Waals surface area contributed by atoms with Gasteiger partial charge in [-0.25, -0.2) is 9.97 Å². The summed E-state index contributed by atoms with van der Waals surface area (Å²) >= 11 is 6.22. The molecule has 1 amide bonds. The number of hydrogen-bond acceptors (Lipinski definition) is 5. The third-order valence-corrected chi connectivity index (χ3v) is 5.64. The molecule has 0 aliphatic heterocycles. The summed E-state index contributed by atoms with van der Waals surface area (Å²) in [6.45, 7) is 2.26. The number of nitrogens with one attached hydrogen (secondary N) is 1. The van der Waals surface area contributed by atoms with Crippen LogP contribution in [-0.4, -0.2) is 42.7 Å². The second-order valence-corrected chi connectivity index (χ2v) is 8.27. The number of carbonyl (C=O) groups excluding carboxylic acids is 1. The Morgan fingerprint density at radius 2 is 1.97 bits per heavy atom. The molecule has 7 heteroatoms. The van der Waals surface area contributed by atoms with E-state index in [1.807, 2.05) is 48.5 Å². The van der Waals surface area contributed by atoms with Crippen molar-refractivity contribution in [2.45, 2.75) is 31.7 Å². The van der Waals surface area contributed by atoms with Crippen molar-refractivity contribution in [3.05, 3.63) is 64.9 Å². The fourth-order valence-corrected chi connectivity index (χ4v) is 3.68. The maximum Gasteiger partial charge on any atom is 0.222 e. The van der Waals surface area contributed by atoms with Crippen molar-refractivity contribution in [1.82, 2.24) is 15.3 Å². The Kier molecular flexibility index (Phi) is 6.99. The number of halogens is 1. The molecule has 1 aromatic heterocycles. The van der Waals surface area contributed by atoms with Crippen LogP contribution in [0.1, 0.15) is 36.6 Å². The lowest BCUT2D eigenvalue weighted by Crippen LogP contribution is -2.33. The summed E-state index contributed by atoms with van der Waals surface area (Å²) in [5.74, 6) is 2.13. The van der Waals surface area contributed by atoms with E-state index in [0.717, 1.165) is 41.0 Å². The van der Waals surface area contributed by atoms with Crippen molar-refractivity contribution >= 4 is 34.2 Å². The quantitative estimate of drug-likeness (QED) is 0.510. The molecule has 1 fully saturated rings. The highest BCUT2D eigenvalue weighted by molar-refractivity contribution is 6.31. The molecule has 0 saturated heterocycles. The van der Waals surface area contributed by atoms with E-state index in [4.69, 9.17) is 26.3 Å². The summed E-state index contributed by atoms with van der Waals surface area (Å²) in [6, 6.07) is 15.6. The Hall–Kier alpha value is -2.70. The standard InChI is InChI=1S/C24H27ClN4O2/c1-31-14-13-29(12-11-22(30)26-16-17-5-3-2-4-6-17)24-20-10-9-19(25)15-21(20)27-23(28-24)18-7-8-18/h2-6,9-10,15,18H,7-8,11-14,16H2,1H3,(H,26,30). The van der Waals surface area contributed by atoms with Gasteiger partial charge < -0.3 is 15.0 Å². The second-order valence-electron chi connectivity index (χ2n) is 7.83. The third-order valence-electron chi connectivity index (χ3n) is 5.40. The highest BCUT2D eigenvalue weighted by Gasteiger charge is 2.28. The highest BCUT2D eigenvalue weighted by Crippen LogP contribution is 2.40. The number of amides is 1. The van der Waals surface area contributed by atoms with E-state index in [1.54, 1.807) is 7.11 Å². The summed E-state index contributed by atoms with van der Waals surface area (Å²) in [6.07, 6.45) is 2.60. The number of methoxy groups -OCH3 is 1. The summed E-state index contributed by atoms with van der Waals surface area (Å²) < 4.78 is 5.32. The van der Waals surface area contributed by atoms with Gasteiger partial charge in [0.25, 0.3) is 0 Å². The number of fused-ring (bicyclic) bond motifs is 1. The number of ether oxygens (including phenoxy) is 1. The van der Waals surface area contributed by atoms with Gasteiger partial charge in [0.15, 0.2) is 0 Å². The molecule has 31 heavy (non-hydrogen) atoms. The van der Waals surface area contributed by atoms with E-state index in [-0.39, 0.29) is 5.91 Å². The lowest BCUT2D eigenvalue weighted by Gasteiger charge is -2.25. The summed E-state index contributed by atoms with van der Waals surface area (Å²) in [4.78, 5) is 24.3. The molecule has 0 bridgehead atoms. The van der Waals surface area contributed by atoms with E-state index in [0.29, 0.717) is 43.6 Å². The molecule has 1 aliphatic carbocycles. The fourth-order valence-electron chi connectivity index (χ4n) is 3.52. The second kappa shape index (κ2) is 10.1. The van der Waals surface area contributed by atoms with E-state index < -0.39 is 0 Å². The molecular weight excluding hydrogens is 412 g/mol. The van der Waals surface area contributed by atoms with Crippen LogP contribution >= 0.6 is 11.6 Å². The maximum atomic E-state index is 12.5. The molecular formula is C24H27ClN4O2. The van der Waals surface area contributed by atoms with Crippen molar-refractivity contribution in [3.63, 3.8) is 0 Å². The minimum atomic E-state index is 0.00934. The molecule has 0 atom stereocenters. The van der Waals surface area contributed by atoms with Crippen LogP contribution in [0.5, 0.6) is 0 Å². The molecule has 1 heterocycles. The Labute approximate surface area is 187 Å². The van der Waals surface area contributed by atoms with Crippen LogP contribution < -0.4 is 10.2 Å². The van der Waals surface area contributed by atoms with Gasteiger partial charge in [0.2, 0.25) is 5.91 Å². The van der Waals surface area contributed by atoms with E-state index >= 15 is 0 Å². The largest absolute Gasteiger partial charge is 0.383 e. The van der Waals surface area contributed by atoms with Gasteiger partial charge in [-0.05, 0) is 36.6 Å². The molecule has 162 valence electrons. The number of carbonyl (C=O) groups is 1. The molecule has 0 spiro atoms. The Balaban J connectivity index is 1.51. The van der Waals surface area contributed by atoms with Gasteiger partial charge >= 0.3 is 0 Å². The van der Waals surface area contributed by atoms with Crippen LogP contribution in [0.4, 0.5) is 5.82 Å². The molecule has 4 rings (SSSR count). The van der Waals surface area contributed by atoms with Crippen molar-refractivity contribution in [1.29, 1.82) is 0 Å². The van der Waals surface area contributed by atoms with Crippen molar-refractivity contribution in [2.75, 3.05) is 31.7 Å². The van der Waals surface area contributed by atoms with Crippen molar-refractivity contribution in [3.8, 4) is 0 Å². The summed E-state index contributed by atoms with van der Waals surface area (Å²) in [5.41, 5.74) is 1.93. The first kappa shape index (κ1) is 21.5. The molecule has 0 radical (unpaired) electrons. The zero-order valence-corrected chi connectivity index (χ0v) is 18.4. The number of benzene rings is 2. The van der Waals surface area contributed by atoms with Gasteiger partial charge in [0, 0.05) is 49.5 Å². The number of hydrogen-bond donors (Lipinski definition) is 1. The fraction of sp³-hybridized carbons (Fsp3) is 0.375. The van der Waals surface area contributed by atoms with Gasteiger partial charge in [-0.2, -0.15) is 0 Å². The first-order valence-corrected chi connectivity index (χ1v) is 11.0. The number of aromatic nitrogens is 2. The smallest absolute Gasteiger partial charge is 0.222 e.